The molecule has 0 aromatic carbocycles. The van der Waals surface area contributed by atoms with E-state index in [4.69, 9.17) is 5.73 Å². The van der Waals surface area contributed by atoms with E-state index in [1.54, 1.807) is 0 Å². The smallest absolute Gasteiger partial charge is 0.0576 e. The van der Waals surface area contributed by atoms with Crippen LogP contribution in [0.25, 0.3) is 0 Å². The zero-order chi connectivity index (χ0) is 34.3. The standard InChI is InChI=1S/C43H90N2O2/c1-3-5-7-9-11-13-15-17-19-21-23-25-27-29-31-33-35-42(41-43(44)45(37-39-46)38-40-47)36-34-32-30-28-26-24-22-20-18-16-14-12-10-8-6-4-2/h42-43,46-47H,3-41,44H2,1-2H3. The molecule has 0 bridgehead atoms. The second-order valence-corrected chi connectivity index (χ2v) is 15.3. The van der Waals surface area contributed by atoms with Gasteiger partial charge < -0.3 is 15.9 Å². The van der Waals surface area contributed by atoms with Crippen molar-refractivity contribution in [1.82, 2.24) is 4.90 Å². The minimum absolute atomic E-state index is 0.0542. The molecule has 0 saturated heterocycles. The molecule has 4 N–H and O–H groups in total. The van der Waals surface area contributed by atoms with Crippen molar-refractivity contribution in [2.45, 2.75) is 245 Å². The van der Waals surface area contributed by atoms with E-state index < -0.39 is 0 Å². The molecular weight excluding hydrogens is 576 g/mol. The summed E-state index contributed by atoms with van der Waals surface area (Å²) in [6.07, 6.45) is 48.9. The number of rotatable bonds is 41. The Balaban J connectivity index is 3.99. The molecular formula is C43H90N2O2. The second kappa shape index (κ2) is 40.3. The maximum atomic E-state index is 9.49. The Morgan fingerprint density at radius 2 is 0.617 bits per heavy atom. The van der Waals surface area contributed by atoms with Gasteiger partial charge in [-0.25, -0.2) is 0 Å². The monoisotopic (exact) mass is 667 g/mol. The Hall–Kier alpha value is -0.160. The number of hydrogen-bond donors (Lipinski definition) is 3. The molecule has 0 aliphatic heterocycles. The van der Waals surface area contributed by atoms with Crippen LogP contribution in [-0.4, -0.2) is 47.6 Å². The number of aliphatic hydroxyl groups is 2. The van der Waals surface area contributed by atoms with E-state index in [0.717, 1.165) is 6.42 Å². The van der Waals surface area contributed by atoms with E-state index in [0.29, 0.717) is 19.0 Å². The molecule has 0 aliphatic rings. The minimum atomic E-state index is -0.0542. The Kier molecular flexibility index (Phi) is 40.1. The summed E-state index contributed by atoms with van der Waals surface area (Å²) in [7, 11) is 0. The summed E-state index contributed by atoms with van der Waals surface area (Å²) in [6, 6.07) is 0. The Morgan fingerprint density at radius 3 is 0.851 bits per heavy atom. The van der Waals surface area contributed by atoms with Gasteiger partial charge in [0.1, 0.15) is 0 Å². The van der Waals surface area contributed by atoms with Crippen molar-refractivity contribution < 1.29 is 10.2 Å². The summed E-state index contributed by atoms with van der Waals surface area (Å²) in [4.78, 5) is 2.08. The lowest BCUT2D eigenvalue weighted by Crippen LogP contribution is -2.46. The highest BCUT2D eigenvalue weighted by atomic mass is 16.3. The van der Waals surface area contributed by atoms with Crippen LogP contribution < -0.4 is 5.73 Å². The maximum absolute atomic E-state index is 9.49. The van der Waals surface area contributed by atoms with Crippen molar-refractivity contribution in [1.29, 1.82) is 0 Å². The van der Waals surface area contributed by atoms with Crippen molar-refractivity contribution in [3.63, 3.8) is 0 Å². The third-order valence-electron chi connectivity index (χ3n) is 10.8. The van der Waals surface area contributed by atoms with Gasteiger partial charge in [0.25, 0.3) is 0 Å². The van der Waals surface area contributed by atoms with Gasteiger partial charge in [0.2, 0.25) is 0 Å². The summed E-state index contributed by atoms with van der Waals surface area (Å²) >= 11 is 0. The Morgan fingerprint density at radius 1 is 0.383 bits per heavy atom. The zero-order valence-corrected chi connectivity index (χ0v) is 32.7. The molecule has 0 radical (unpaired) electrons. The van der Waals surface area contributed by atoms with E-state index in [1.165, 1.54) is 218 Å². The molecule has 1 atom stereocenters. The van der Waals surface area contributed by atoms with Crippen molar-refractivity contribution in [2.24, 2.45) is 11.7 Å². The SMILES string of the molecule is CCCCCCCCCCCCCCCCCCC(CCCCCCCCCCCCCCCCCC)CC(N)N(CCO)CCO. The molecule has 1 unspecified atom stereocenters. The average Bonchev–Trinajstić information content (AvgIpc) is 3.07. The van der Waals surface area contributed by atoms with Crippen LogP contribution in [0.5, 0.6) is 0 Å². The van der Waals surface area contributed by atoms with Crippen LogP contribution in [-0.2, 0) is 0 Å². The van der Waals surface area contributed by atoms with Gasteiger partial charge in [-0.15, -0.1) is 0 Å². The molecule has 0 amide bonds. The molecule has 0 rings (SSSR count). The minimum Gasteiger partial charge on any atom is -0.395 e. The van der Waals surface area contributed by atoms with Crippen molar-refractivity contribution in [3.05, 3.63) is 0 Å². The first-order valence-corrected chi connectivity index (χ1v) is 21.9. The van der Waals surface area contributed by atoms with Crippen LogP contribution in [0.4, 0.5) is 0 Å². The third-order valence-corrected chi connectivity index (χ3v) is 10.8. The van der Waals surface area contributed by atoms with Crippen LogP contribution in [0, 0.1) is 5.92 Å². The fourth-order valence-electron chi connectivity index (χ4n) is 7.53. The summed E-state index contributed by atoms with van der Waals surface area (Å²) < 4.78 is 0. The largest absolute Gasteiger partial charge is 0.395 e. The van der Waals surface area contributed by atoms with Gasteiger partial charge in [-0.1, -0.05) is 232 Å². The van der Waals surface area contributed by atoms with Gasteiger partial charge in [0.05, 0.1) is 19.4 Å². The first kappa shape index (κ1) is 46.8. The van der Waals surface area contributed by atoms with E-state index in [9.17, 15) is 10.2 Å². The van der Waals surface area contributed by atoms with Crippen molar-refractivity contribution in [3.8, 4) is 0 Å². The summed E-state index contributed by atoms with van der Waals surface area (Å²) in [6.45, 7) is 5.94. The topological polar surface area (TPSA) is 69.7 Å². The van der Waals surface area contributed by atoms with Crippen LogP contribution in [0.3, 0.4) is 0 Å². The maximum Gasteiger partial charge on any atom is 0.0576 e. The fraction of sp³-hybridized carbons (Fsp3) is 1.00. The van der Waals surface area contributed by atoms with Crippen LogP contribution in [0.1, 0.15) is 239 Å². The van der Waals surface area contributed by atoms with Gasteiger partial charge in [0, 0.05) is 13.1 Å². The highest BCUT2D eigenvalue weighted by Gasteiger charge is 2.19. The normalized spacial score (nSPS) is 12.6. The molecule has 0 aliphatic carbocycles. The van der Waals surface area contributed by atoms with Gasteiger partial charge >= 0.3 is 0 Å². The number of aliphatic hydroxyl groups excluding tert-OH is 2. The number of nitrogens with two attached hydrogens (primary N) is 1. The van der Waals surface area contributed by atoms with Crippen LogP contribution in [0.2, 0.25) is 0 Å². The van der Waals surface area contributed by atoms with E-state index in [-0.39, 0.29) is 19.4 Å². The highest BCUT2D eigenvalue weighted by Crippen LogP contribution is 2.24. The predicted molar refractivity (Wildman–Crippen MR) is 210 cm³/mol. The molecule has 4 nitrogen and oxygen atoms in total. The van der Waals surface area contributed by atoms with Crippen molar-refractivity contribution in [2.75, 3.05) is 26.3 Å². The van der Waals surface area contributed by atoms with E-state index in [2.05, 4.69) is 18.7 Å². The Bertz CT molecular complexity index is 518. The molecule has 0 aromatic rings. The van der Waals surface area contributed by atoms with E-state index >= 15 is 0 Å². The first-order valence-electron chi connectivity index (χ1n) is 21.9. The molecule has 0 aromatic heterocycles. The third kappa shape index (κ3) is 35.5. The van der Waals surface area contributed by atoms with E-state index in [1.807, 2.05) is 0 Å². The average molecular weight is 667 g/mol. The first-order chi connectivity index (χ1) is 23.2. The number of hydrogen-bond acceptors (Lipinski definition) is 4. The summed E-state index contributed by atoms with van der Waals surface area (Å²) in [5.41, 5.74) is 6.62. The molecule has 0 heterocycles. The highest BCUT2D eigenvalue weighted by molar-refractivity contribution is 4.72. The summed E-state index contributed by atoms with van der Waals surface area (Å²) in [5, 5.41) is 19.0. The van der Waals surface area contributed by atoms with Gasteiger partial charge in [-0.3, -0.25) is 4.90 Å². The summed E-state index contributed by atoms with van der Waals surface area (Å²) in [5.74, 6) is 0.670. The molecule has 0 spiro atoms. The lowest BCUT2D eigenvalue weighted by atomic mass is 9.90. The number of unbranched alkanes of at least 4 members (excludes halogenated alkanes) is 30. The molecule has 0 saturated carbocycles. The molecule has 4 heteroatoms. The Labute approximate surface area is 297 Å². The molecule has 47 heavy (non-hydrogen) atoms. The fourth-order valence-corrected chi connectivity index (χ4v) is 7.53. The molecule has 284 valence electrons. The lowest BCUT2D eigenvalue weighted by molar-refractivity contribution is 0.107. The predicted octanol–water partition coefficient (Wildman–Crippen LogP) is 12.9. The number of nitrogens with zero attached hydrogens (tertiary/aromatic N) is 1. The van der Waals surface area contributed by atoms with Crippen molar-refractivity contribution >= 4 is 0 Å². The van der Waals surface area contributed by atoms with Crippen LogP contribution in [0.15, 0.2) is 0 Å². The van der Waals surface area contributed by atoms with Gasteiger partial charge in [-0.2, -0.15) is 0 Å². The molecule has 0 fully saturated rings. The zero-order valence-electron chi connectivity index (χ0n) is 32.7. The van der Waals surface area contributed by atoms with Gasteiger partial charge in [0.15, 0.2) is 0 Å². The second-order valence-electron chi connectivity index (χ2n) is 15.3. The van der Waals surface area contributed by atoms with Crippen LogP contribution >= 0.6 is 0 Å². The lowest BCUT2D eigenvalue weighted by Gasteiger charge is -2.30. The quantitative estimate of drug-likeness (QED) is 0.0448. The van der Waals surface area contributed by atoms with Gasteiger partial charge in [-0.05, 0) is 12.3 Å².